The first-order valence-corrected chi connectivity index (χ1v) is 8.67. The third-order valence-corrected chi connectivity index (χ3v) is 5.00. The van der Waals surface area contributed by atoms with Crippen molar-refractivity contribution in [2.75, 3.05) is 20.1 Å². The Bertz CT molecular complexity index is 913. The highest BCUT2D eigenvalue weighted by molar-refractivity contribution is 5.94. The summed E-state index contributed by atoms with van der Waals surface area (Å²) in [6.07, 6.45) is 1.01. The molecule has 1 amide bonds. The minimum Gasteiger partial charge on any atom is -0.337 e. The fourth-order valence-electron chi connectivity index (χ4n) is 3.56. The number of para-hydroxylation sites is 2. The van der Waals surface area contributed by atoms with E-state index < -0.39 is 0 Å². The second-order valence-electron chi connectivity index (χ2n) is 6.59. The second-order valence-corrected chi connectivity index (χ2v) is 6.59. The molecule has 1 aliphatic rings. The van der Waals surface area contributed by atoms with Gasteiger partial charge in [0.1, 0.15) is 5.82 Å². The van der Waals surface area contributed by atoms with Crippen LogP contribution in [0.1, 0.15) is 22.6 Å². The number of likely N-dealkylation sites (N-methyl/N-ethyl adjacent to an activating group) is 1. The molecule has 0 bridgehead atoms. The van der Waals surface area contributed by atoms with Gasteiger partial charge >= 0.3 is 0 Å². The predicted molar refractivity (Wildman–Crippen MR) is 106 cm³/mol. The number of nitrogens with zero attached hydrogens (tertiary/aromatic N) is 3. The minimum atomic E-state index is 0. The van der Waals surface area contributed by atoms with Gasteiger partial charge in [0, 0.05) is 30.9 Å². The van der Waals surface area contributed by atoms with Crippen LogP contribution in [0.5, 0.6) is 0 Å². The lowest BCUT2D eigenvalue weighted by Crippen LogP contribution is -2.38. The third-order valence-electron chi connectivity index (χ3n) is 5.00. The highest BCUT2D eigenvalue weighted by Gasteiger charge is 2.24. The molecular formula is C20H23ClN4O. The molecule has 26 heavy (non-hydrogen) atoms. The maximum Gasteiger partial charge on any atom is 0.253 e. The van der Waals surface area contributed by atoms with Crippen LogP contribution in [0, 0.1) is 6.92 Å². The van der Waals surface area contributed by atoms with Gasteiger partial charge in [-0.2, -0.15) is 0 Å². The Morgan fingerprint density at radius 2 is 1.92 bits per heavy atom. The van der Waals surface area contributed by atoms with Gasteiger partial charge in [0.15, 0.2) is 0 Å². The number of halogens is 1. The van der Waals surface area contributed by atoms with E-state index in [1.54, 1.807) is 0 Å². The van der Waals surface area contributed by atoms with Gasteiger partial charge in [-0.3, -0.25) is 9.36 Å². The standard InChI is InChI=1S/C20H22N4O.ClH/c1-14-22-18-5-3-4-6-19(18)24(14)16-9-7-15(8-10-16)20(25)23(2)17-11-12-21-13-17;/h3-10,17,21H,11-13H2,1-2H3;1H. The van der Waals surface area contributed by atoms with Gasteiger partial charge in [-0.1, -0.05) is 12.1 Å². The molecule has 1 aromatic heterocycles. The van der Waals surface area contributed by atoms with Gasteiger partial charge in [0.25, 0.3) is 5.91 Å². The minimum absolute atomic E-state index is 0. The second kappa shape index (κ2) is 7.48. The molecule has 6 heteroatoms. The highest BCUT2D eigenvalue weighted by atomic mass is 35.5. The van der Waals surface area contributed by atoms with Gasteiger partial charge in [0.05, 0.1) is 11.0 Å². The molecule has 136 valence electrons. The van der Waals surface area contributed by atoms with Crippen LogP contribution in [0.2, 0.25) is 0 Å². The van der Waals surface area contributed by atoms with E-state index in [-0.39, 0.29) is 24.4 Å². The van der Waals surface area contributed by atoms with E-state index in [1.165, 1.54) is 0 Å². The van der Waals surface area contributed by atoms with E-state index in [9.17, 15) is 4.79 Å². The van der Waals surface area contributed by atoms with Crippen molar-refractivity contribution in [1.82, 2.24) is 19.8 Å². The summed E-state index contributed by atoms with van der Waals surface area (Å²) >= 11 is 0. The average Bonchev–Trinajstić information content (AvgIpc) is 3.27. The molecule has 4 rings (SSSR count). The Morgan fingerprint density at radius 3 is 2.62 bits per heavy atom. The molecule has 0 spiro atoms. The number of imidazole rings is 1. The van der Waals surface area contributed by atoms with E-state index in [0.29, 0.717) is 0 Å². The molecule has 1 fully saturated rings. The summed E-state index contributed by atoms with van der Waals surface area (Å²) in [7, 11) is 1.89. The van der Waals surface area contributed by atoms with Crippen LogP contribution in [0.4, 0.5) is 0 Å². The number of rotatable bonds is 3. The topological polar surface area (TPSA) is 50.2 Å². The van der Waals surface area contributed by atoms with E-state index in [4.69, 9.17) is 0 Å². The molecule has 1 N–H and O–H groups in total. The summed E-state index contributed by atoms with van der Waals surface area (Å²) in [4.78, 5) is 19.2. The number of amides is 1. The first kappa shape index (κ1) is 18.4. The summed E-state index contributed by atoms with van der Waals surface area (Å²) in [6.45, 7) is 3.86. The van der Waals surface area contributed by atoms with Crippen LogP contribution >= 0.6 is 12.4 Å². The largest absolute Gasteiger partial charge is 0.337 e. The Hall–Kier alpha value is -2.37. The number of carbonyl (C=O) groups is 1. The fourth-order valence-corrected chi connectivity index (χ4v) is 3.56. The van der Waals surface area contributed by atoms with Crippen molar-refractivity contribution < 1.29 is 4.79 Å². The zero-order valence-corrected chi connectivity index (χ0v) is 15.8. The van der Waals surface area contributed by atoms with Crippen LogP contribution in [0.15, 0.2) is 48.5 Å². The van der Waals surface area contributed by atoms with Crippen molar-refractivity contribution >= 4 is 29.3 Å². The molecule has 0 radical (unpaired) electrons. The molecule has 5 nitrogen and oxygen atoms in total. The molecule has 0 saturated carbocycles. The quantitative estimate of drug-likeness (QED) is 0.770. The summed E-state index contributed by atoms with van der Waals surface area (Å²) in [5.41, 5.74) is 3.80. The number of fused-ring (bicyclic) bond motifs is 1. The molecule has 1 unspecified atom stereocenters. The molecule has 3 aromatic rings. The molecule has 1 aliphatic heterocycles. The lowest BCUT2D eigenvalue weighted by molar-refractivity contribution is 0.0744. The van der Waals surface area contributed by atoms with Gasteiger partial charge in [-0.05, 0) is 56.3 Å². The van der Waals surface area contributed by atoms with Crippen molar-refractivity contribution in [3.05, 3.63) is 59.9 Å². The van der Waals surface area contributed by atoms with Crippen LogP contribution in [-0.4, -0.2) is 46.5 Å². The third kappa shape index (κ3) is 3.20. The van der Waals surface area contributed by atoms with Crippen LogP contribution in [-0.2, 0) is 0 Å². The van der Waals surface area contributed by atoms with Crippen molar-refractivity contribution in [2.45, 2.75) is 19.4 Å². The summed E-state index contributed by atoms with van der Waals surface area (Å²) in [5.74, 6) is 1.02. The van der Waals surface area contributed by atoms with E-state index in [2.05, 4.69) is 20.9 Å². The van der Waals surface area contributed by atoms with Gasteiger partial charge in [-0.25, -0.2) is 4.98 Å². The van der Waals surface area contributed by atoms with E-state index in [0.717, 1.165) is 47.6 Å². The van der Waals surface area contributed by atoms with E-state index in [1.807, 2.05) is 61.3 Å². The normalized spacial score (nSPS) is 16.5. The lowest BCUT2D eigenvalue weighted by atomic mass is 10.1. The monoisotopic (exact) mass is 370 g/mol. The first-order chi connectivity index (χ1) is 12.1. The zero-order valence-electron chi connectivity index (χ0n) is 15.0. The summed E-state index contributed by atoms with van der Waals surface area (Å²) in [5, 5.41) is 3.31. The SMILES string of the molecule is Cc1nc2ccccc2n1-c1ccc(C(=O)N(C)C2CCNC2)cc1.Cl. The van der Waals surface area contributed by atoms with Gasteiger partial charge in [-0.15, -0.1) is 12.4 Å². The Labute approximate surface area is 159 Å². The van der Waals surface area contributed by atoms with Crippen molar-refractivity contribution in [3.63, 3.8) is 0 Å². The van der Waals surface area contributed by atoms with Crippen molar-refractivity contribution in [1.29, 1.82) is 0 Å². The smallest absolute Gasteiger partial charge is 0.253 e. The number of hydrogen-bond donors (Lipinski definition) is 1. The highest BCUT2D eigenvalue weighted by Crippen LogP contribution is 2.22. The fraction of sp³-hybridized carbons (Fsp3) is 0.300. The number of aromatic nitrogens is 2. The number of nitrogens with one attached hydrogen (secondary N) is 1. The zero-order chi connectivity index (χ0) is 17.4. The number of aryl methyl sites for hydroxylation is 1. The predicted octanol–water partition coefficient (Wildman–Crippen LogP) is 3.19. The molecule has 1 saturated heterocycles. The number of benzene rings is 2. The maximum absolute atomic E-state index is 12.7. The van der Waals surface area contributed by atoms with E-state index >= 15 is 0 Å². The number of hydrogen-bond acceptors (Lipinski definition) is 3. The number of carbonyl (C=O) groups excluding carboxylic acids is 1. The van der Waals surface area contributed by atoms with Crippen LogP contribution in [0.25, 0.3) is 16.7 Å². The molecule has 2 aromatic carbocycles. The Balaban J connectivity index is 0.00000196. The van der Waals surface area contributed by atoms with Crippen molar-refractivity contribution in [2.24, 2.45) is 0 Å². The van der Waals surface area contributed by atoms with Crippen molar-refractivity contribution in [3.8, 4) is 5.69 Å². The molecule has 0 aliphatic carbocycles. The Kier molecular flexibility index (Phi) is 5.30. The Morgan fingerprint density at radius 1 is 1.19 bits per heavy atom. The first-order valence-electron chi connectivity index (χ1n) is 8.67. The average molecular weight is 371 g/mol. The van der Waals surface area contributed by atoms with Gasteiger partial charge < -0.3 is 10.2 Å². The van der Waals surface area contributed by atoms with Crippen LogP contribution < -0.4 is 5.32 Å². The summed E-state index contributed by atoms with van der Waals surface area (Å²) in [6, 6.07) is 16.2. The van der Waals surface area contributed by atoms with Crippen LogP contribution in [0.3, 0.4) is 0 Å². The maximum atomic E-state index is 12.7. The van der Waals surface area contributed by atoms with Gasteiger partial charge in [0.2, 0.25) is 0 Å². The molecular weight excluding hydrogens is 348 g/mol. The summed E-state index contributed by atoms with van der Waals surface area (Å²) < 4.78 is 2.12. The molecule has 2 heterocycles. The molecule has 1 atom stereocenters. The lowest BCUT2D eigenvalue weighted by Gasteiger charge is -2.24.